The van der Waals surface area contributed by atoms with Crippen LogP contribution in [0.2, 0.25) is 5.02 Å². The first-order chi connectivity index (χ1) is 9.04. The minimum absolute atomic E-state index is 0.151. The van der Waals surface area contributed by atoms with E-state index in [0.717, 1.165) is 5.69 Å². The van der Waals surface area contributed by atoms with Crippen LogP contribution in [0.1, 0.15) is 0 Å². The van der Waals surface area contributed by atoms with Crippen molar-refractivity contribution in [3.63, 3.8) is 0 Å². The van der Waals surface area contributed by atoms with E-state index in [-0.39, 0.29) is 6.03 Å². The largest absolute Gasteiger partial charge is 0.478 e. The number of rotatable bonds is 1. The highest BCUT2D eigenvalue weighted by Gasteiger charge is 2.29. The molecule has 0 aliphatic heterocycles. The SMILES string of the molecule is CN(C)C(=O)Nc1ccc(Cl)cc1.O=C(O)C(Cl)(Cl)Cl. The normalized spacial score (nSPS) is 10.1. The summed E-state index contributed by atoms with van der Waals surface area (Å²) in [7, 11) is 3.37. The van der Waals surface area contributed by atoms with Gasteiger partial charge in [-0.1, -0.05) is 46.4 Å². The van der Waals surface area contributed by atoms with Crippen LogP contribution in [0.5, 0.6) is 0 Å². The summed E-state index contributed by atoms with van der Waals surface area (Å²) in [6, 6.07) is 6.81. The predicted molar refractivity (Wildman–Crippen MR) is 82.1 cm³/mol. The van der Waals surface area contributed by atoms with Crippen LogP contribution in [0.4, 0.5) is 10.5 Å². The van der Waals surface area contributed by atoms with Gasteiger partial charge in [-0.2, -0.15) is 0 Å². The number of alkyl halides is 3. The first kappa shape index (κ1) is 19.1. The molecule has 20 heavy (non-hydrogen) atoms. The van der Waals surface area contributed by atoms with E-state index in [1.807, 2.05) is 0 Å². The zero-order valence-corrected chi connectivity index (χ0v) is 13.6. The lowest BCUT2D eigenvalue weighted by Crippen LogP contribution is -2.27. The van der Waals surface area contributed by atoms with Crippen LogP contribution in [0.3, 0.4) is 0 Å². The number of carboxylic acids is 1. The smallest absolute Gasteiger partial charge is 0.356 e. The van der Waals surface area contributed by atoms with Crippen LogP contribution in [0, 0.1) is 0 Å². The predicted octanol–water partition coefficient (Wildman–Crippen LogP) is 3.87. The molecule has 5 nitrogen and oxygen atoms in total. The highest BCUT2D eigenvalue weighted by Crippen LogP contribution is 2.25. The molecule has 0 radical (unpaired) electrons. The highest BCUT2D eigenvalue weighted by atomic mass is 35.6. The fraction of sp³-hybridized carbons (Fsp3) is 0.273. The monoisotopic (exact) mass is 360 g/mol. The van der Waals surface area contributed by atoms with Crippen molar-refractivity contribution in [2.24, 2.45) is 0 Å². The second-order valence-corrected chi connectivity index (χ2v) is 6.35. The van der Waals surface area contributed by atoms with Gasteiger partial charge in [0, 0.05) is 24.8 Å². The fourth-order valence-electron chi connectivity index (χ4n) is 0.769. The number of nitrogens with one attached hydrogen (secondary N) is 1. The van der Waals surface area contributed by atoms with Crippen molar-refractivity contribution in [3.05, 3.63) is 29.3 Å². The van der Waals surface area contributed by atoms with Crippen molar-refractivity contribution in [3.8, 4) is 0 Å². The van der Waals surface area contributed by atoms with Crippen molar-refractivity contribution < 1.29 is 14.7 Å². The summed E-state index contributed by atoms with van der Waals surface area (Å²) in [4.78, 5) is 22.3. The number of carbonyl (C=O) groups excluding carboxylic acids is 1. The first-order valence-corrected chi connectivity index (χ1v) is 6.59. The van der Waals surface area contributed by atoms with Gasteiger partial charge >= 0.3 is 12.0 Å². The van der Waals surface area contributed by atoms with Crippen molar-refractivity contribution >= 4 is 64.1 Å². The summed E-state index contributed by atoms with van der Waals surface area (Å²) < 4.78 is -2.17. The van der Waals surface area contributed by atoms with Gasteiger partial charge in [0.25, 0.3) is 3.79 Å². The minimum Gasteiger partial charge on any atom is -0.478 e. The summed E-state index contributed by atoms with van der Waals surface area (Å²) >= 11 is 20.1. The van der Waals surface area contributed by atoms with E-state index >= 15 is 0 Å². The van der Waals surface area contributed by atoms with Gasteiger partial charge in [-0.05, 0) is 24.3 Å². The van der Waals surface area contributed by atoms with Gasteiger partial charge in [-0.15, -0.1) is 0 Å². The number of hydrogen-bond acceptors (Lipinski definition) is 2. The lowest BCUT2D eigenvalue weighted by Gasteiger charge is -2.11. The molecule has 0 saturated heterocycles. The molecule has 112 valence electrons. The van der Waals surface area contributed by atoms with Gasteiger partial charge in [-0.25, -0.2) is 9.59 Å². The van der Waals surface area contributed by atoms with E-state index in [1.54, 1.807) is 38.4 Å². The Hall–Kier alpha value is -0.880. The molecule has 0 unspecified atom stereocenters. The van der Waals surface area contributed by atoms with Gasteiger partial charge in [0.2, 0.25) is 0 Å². The zero-order valence-electron chi connectivity index (χ0n) is 10.5. The Kier molecular flexibility index (Phi) is 8.05. The van der Waals surface area contributed by atoms with Crippen LogP contribution in [-0.4, -0.2) is 39.9 Å². The number of carbonyl (C=O) groups is 2. The van der Waals surface area contributed by atoms with Crippen LogP contribution >= 0.6 is 46.4 Å². The average molecular weight is 362 g/mol. The standard InChI is InChI=1S/C9H11ClN2O.C2HCl3O2/c1-12(2)9(13)11-8-5-3-7(10)4-6-8;3-2(4,5)1(6)7/h3-6H,1-2H3,(H,11,13);(H,6,7). The van der Waals surface area contributed by atoms with Gasteiger partial charge in [0.1, 0.15) is 0 Å². The summed E-state index contributed by atoms with van der Waals surface area (Å²) in [6.45, 7) is 0. The van der Waals surface area contributed by atoms with Crippen LogP contribution < -0.4 is 5.32 Å². The fourth-order valence-corrected chi connectivity index (χ4v) is 0.894. The van der Waals surface area contributed by atoms with Gasteiger partial charge in [0.05, 0.1) is 0 Å². The van der Waals surface area contributed by atoms with Crippen molar-refractivity contribution in [1.82, 2.24) is 4.90 Å². The molecule has 9 heteroatoms. The third-order valence-corrected chi connectivity index (χ3v) is 2.48. The number of benzene rings is 1. The Morgan fingerprint density at radius 3 is 1.85 bits per heavy atom. The number of anilines is 1. The maximum absolute atomic E-state index is 11.2. The molecule has 0 heterocycles. The van der Waals surface area contributed by atoms with Crippen molar-refractivity contribution in [2.45, 2.75) is 3.79 Å². The maximum Gasteiger partial charge on any atom is 0.356 e. The van der Waals surface area contributed by atoms with Gasteiger partial charge in [-0.3, -0.25) is 0 Å². The van der Waals surface area contributed by atoms with E-state index in [2.05, 4.69) is 5.32 Å². The maximum atomic E-state index is 11.2. The molecule has 0 spiro atoms. The lowest BCUT2D eigenvalue weighted by atomic mass is 10.3. The Balaban J connectivity index is 0.000000441. The van der Waals surface area contributed by atoms with E-state index in [9.17, 15) is 9.59 Å². The Bertz CT molecular complexity index is 458. The molecule has 0 atom stereocenters. The van der Waals surface area contributed by atoms with Crippen molar-refractivity contribution in [1.29, 1.82) is 0 Å². The average Bonchev–Trinajstić information content (AvgIpc) is 2.31. The molecule has 2 amide bonds. The molecular weight excluding hydrogens is 350 g/mol. The van der Waals surface area contributed by atoms with E-state index in [4.69, 9.17) is 51.5 Å². The number of nitrogens with zero attached hydrogens (tertiary/aromatic N) is 1. The number of aliphatic carboxylic acids is 1. The van der Waals surface area contributed by atoms with Gasteiger partial charge in [0.15, 0.2) is 0 Å². The number of hydrogen-bond donors (Lipinski definition) is 2. The Labute approximate surface area is 136 Å². The molecule has 1 aromatic rings. The highest BCUT2D eigenvalue weighted by molar-refractivity contribution is 6.75. The van der Waals surface area contributed by atoms with E-state index < -0.39 is 9.76 Å². The first-order valence-electron chi connectivity index (χ1n) is 5.08. The van der Waals surface area contributed by atoms with Crippen LogP contribution in [0.25, 0.3) is 0 Å². The van der Waals surface area contributed by atoms with E-state index in [0.29, 0.717) is 5.02 Å². The van der Waals surface area contributed by atoms with Crippen LogP contribution in [0.15, 0.2) is 24.3 Å². The topological polar surface area (TPSA) is 69.6 Å². The summed E-state index contributed by atoms with van der Waals surface area (Å²) in [6.07, 6.45) is 0. The summed E-state index contributed by atoms with van der Waals surface area (Å²) in [5.41, 5.74) is 0.739. The third-order valence-electron chi connectivity index (χ3n) is 1.74. The lowest BCUT2D eigenvalue weighted by molar-refractivity contribution is -0.135. The molecule has 0 saturated carbocycles. The third kappa shape index (κ3) is 8.32. The number of amides is 2. The quantitative estimate of drug-likeness (QED) is 0.746. The second-order valence-electron chi connectivity index (χ2n) is 3.63. The minimum atomic E-state index is -2.17. The number of carboxylic acid groups (broad SMARTS) is 1. The molecule has 0 aliphatic rings. The molecule has 0 bridgehead atoms. The number of urea groups is 1. The number of halogens is 4. The molecule has 0 aliphatic carbocycles. The van der Waals surface area contributed by atoms with Crippen LogP contribution in [-0.2, 0) is 4.79 Å². The van der Waals surface area contributed by atoms with Gasteiger partial charge < -0.3 is 15.3 Å². The summed E-state index contributed by atoms with van der Waals surface area (Å²) in [5, 5.41) is 11.2. The molecule has 2 N–H and O–H groups in total. The molecule has 1 rings (SSSR count). The molecule has 0 aromatic heterocycles. The van der Waals surface area contributed by atoms with E-state index in [1.165, 1.54) is 4.90 Å². The second kappa shape index (κ2) is 8.42. The molecular formula is C11H12Cl4N2O3. The van der Waals surface area contributed by atoms with Crippen molar-refractivity contribution in [2.75, 3.05) is 19.4 Å². The Morgan fingerprint density at radius 1 is 1.15 bits per heavy atom. The summed E-state index contributed by atoms with van der Waals surface area (Å²) in [5.74, 6) is -1.46. The Morgan fingerprint density at radius 2 is 1.55 bits per heavy atom. The molecule has 0 fully saturated rings. The zero-order chi connectivity index (χ0) is 15.9. The molecule has 1 aromatic carbocycles.